The first kappa shape index (κ1) is 17.6. The van der Waals surface area contributed by atoms with Gasteiger partial charge in [0.1, 0.15) is 5.82 Å². The topological polar surface area (TPSA) is 75.5 Å². The molecule has 1 atom stereocenters. The summed E-state index contributed by atoms with van der Waals surface area (Å²) in [6.45, 7) is 2.00. The van der Waals surface area contributed by atoms with Crippen molar-refractivity contribution in [3.63, 3.8) is 0 Å². The van der Waals surface area contributed by atoms with Gasteiger partial charge in [-0.15, -0.1) is 0 Å². The summed E-state index contributed by atoms with van der Waals surface area (Å²) < 4.78 is 13.7. The molecule has 0 aliphatic carbocycles. The summed E-state index contributed by atoms with van der Waals surface area (Å²) in [7, 11) is 1.73. The van der Waals surface area contributed by atoms with E-state index in [0.717, 1.165) is 0 Å². The molecular weight excluding hydrogens is 313 g/mol. The molecule has 1 N–H and O–H groups in total. The first-order chi connectivity index (χ1) is 11.4. The highest BCUT2D eigenvalue weighted by atomic mass is 19.1. The average Bonchev–Trinajstić information content (AvgIpc) is 2.56. The zero-order valence-electron chi connectivity index (χ0n) is 13.4. The maximum atomic E-state index is 13.7. The van der Waals surface area contributed by atoms with Crippen LogP contribution >= 0.6 is 0 Å². The highest BCUT2D eigenvalue weighted by Gasteiger charge is 2.19. The van der Waals surface area contributed by atoms with Crippen molar-refractivity contribution >= 4 is 17.3 Å². The normalized spacial score (nSPS) is 12.0. The van der Waals surface area contributed by atoms with Gasteiger partial charge in [0.25, 0.3) is 5.69 Å². The van der Waals surface area contributed by atoms with Gasteiger partial charge >= 0.3 is 0 Å². The van der Waals surface area contributed by atoms with E-state index in [1.165, 1.54) is 30.3 Å². The van der Waals surface area contributed by atoms with Crippen LogP contribution in [0.5, 0.6) is 0 Å². The molecule has 0 saturated carbocycles. The van der Waals surface area contributed by atoms with Crippen LogP contribution in [-0.2, 0) is 11.3 Å². The third-order valence-electron chi connectivity index (χ3n) is 3.76. The molecule has 0 spiro atoms. The van der Waals surface area contributed by atoms with Gasteiger partial charge in [-0.2, -0.15) is 0 Å². The van der Waals surface area contributed by atoms with Crippen molar-refractivity contribution in [2.75, 3.05) is 12.4 Å². The Morgan fingerprint density at radius 1 is 1.25 bits per heavy atom. The molecule has 0 bridgehead atoms. The van der Waals surface area contributed by atoms with Gasteiger partial charge in [-0.05, 0) is 32.2 Å². The van der Waals surface area contributed by atoms with Crippen LogP contribution in [0, 0.1) is 15.9 Å². The van der Waals surface area contributed by atoms with Crippen molar-refractivity contribution in [3.8, 4) is 0 Å². The Morgan fingerprint density at radius 3 is 2.46 bits per heavy atom. The molecule has 0 aliphatic heterocycles. The van der Waals surface area contributed by atoms with Crippen molar-refractivity contribution in [3.05, 3.63) is 70.0 Å². The van der Waals surface area contributed by atoms with Gasteiger partial charge in [0.05, 0.1) is 11.0 Å². The summed E-state index contributed by atoms with van der Waals surface area (Å²) in [6.07, 6.45) is 0. The van der Waals surface area contributed by atoms with Crippen LogP contribution in [0.25, 0.3) is 0 Å². The first-order valence-electron chi connectivity index (χ1n) is 7.37. The number of nitrogens with one attached hydrogen (secondary N) is 1. The minimum Gasteiger partial charge on any atom is -0.325 e. The molecule has 6 nitrogen and oxygen atoms in total. The van der Waals surface area contributed by atoms with E-state index in [4.69, 9.17) is 0 Å². The number of benzene rings is 2. The summed E-state index contributed by atoms with van der Waals surface area (Å²) in [6, 6.07) is 11.5. The molecular formula is C17H18FN3O3. The first-order valence-corrected chi connectivity index (χ1v) is 7.37. The summed E-state index contributed by atoms with van der Waals surface area (Å²) in [5.41, 5.74) is 0.935. The van der Waals surface area contributed by atoms with Gasteiger partial charge in [0.15, 0.2) is 0 Å². The van der Waals surface area contributed by atoms with Gasteiger partial charge in [0.2, 0.25) is 5.91 Å². The number of carbonyl (C=O) groups is 1. The molecule has 0 radical (unpaired) electrons. The molecule has 2 aromatic rings. The van der Waals surface area contributed by atoms with E-state index in [1.807, 2.05) is 0 Å². The lowest BCUT2D eigenvalue weighted by Crippen LogP contribution is -2.39. The summed E-state index contributed by atoms with van der Waals surface area (Å²) in [5, 5.41) is 13.3. The lowest BCUT2D eigenvalue weighted by molar-refractivity contribution is -0.384. The van der Waals surface area contributed by atoms with Gasteiger partial charge in [-0.25, -0.2) is 4.39 Å². The molecule has 2 aromatic carbocycles. The molecule has 2 rings (SSSR count). The van der Waals surface area contributed by atoms with Crippen LogP contribution in [0.2, 0.25) is 0 Å². The minimum absolute atomic E-state index is 0.0438. The van der Waals surface area contributed by atoms with E-state index in [-0.39, 0.29) is 17.4 Å². The van der Waals surface area contributed by atoms with Crippen molar-refractivity contribution in [1.82, 2.24) is 4.90 Å². The maximum Gasteiger partial charge on any atom is 0.269 e. The van der Waals surface area contributed by atoms with Crippen LogP contribution < -0.4 is 5.32 Å². The third kappa shape index (κ3) is 4.36. The fourth-order valence-electron chi connectivity index (χ4n) is 2.15. The zero-order chi connectivity index (χ0) is 17.7. The molecule has 0 aromatic heterocycles. The number of nitro groups is 1. The third-order valence-corrected chi connectivity index (χ3v) is 3.76. The summed E-state index contributed by atoms with van der Waals surface area (Å²) >= 11 is 0. The molecule has 0 aliphatic rings. The monoisotopic (exact) mass is 331 g/mol. The zero-order valence-corrected chi connectivity index (χ0v) is 13.4. The number of hydrogen-bond acceptors (Lipinski definition) is 4. The smallest absolute Gasteiger partial charge is 0.269 e. The van der Waals surface area contributed by atoms with Crippen LogP contribution in [0.4, 0.5) is 15.8 Å². The van der Waals surface area contributed by atoms with E-state index in [1.54, 1.807) is 37.1 Å². The van der Waals surface area contributed by atoms with Crippen LogP contribution in [0.15, 0.2) is 48.5 Å². The molecule has 126 valence electrons. The lowest BCUT2D eigenvalue weighted by Gasteiger charge is -2.24. The Morgan fingerprint density at radius 2 is 1.88 bits per heavy atom. The summed E-state index contributed by atoms with van der Waals surface area (Å²) in [5.74, 6) is -0.588. The number of halogens is 1. The SMILES string of the molecule is CC(C(=O)Nc1ccc([N+](=O)[O-])cc1)N(C)Cc1ccccc1F. The second-order valence-corrected chi connectivity index (χ2v) is 5.48. The second kappa shape index (κ2) is 7.65. The van der Waals surface area contributed by atoms with E-state index >= 15 is 0 Å². The quantitative estimate of drug-likeness (QED) is 0.651. The highest BCUT2D eigenvalue weighted by Crippen LogP contribution is 2.16. The standard InChI is InChI=1S/C17H18FN3O3/c1-12(20(2)11-13-5-3-4-6-16(13)18)17(22)19-14-7-9-15(10-8-14)21(23)24/h3-10,12H,11H2,1-2H3,(H,19,22). The Kier molecular flexibility index (Phi) is 5.59. The van der Waals surface area contributed by atoms with Gasteiger partial charge < -0.3 is 5.32 Å². The number of anilines is 1. The van der Waals surface area contributed by atoms with Crippen molar-refractivity contribution in [2.24, 2.45) is 0 Å². The number of nitro benzene ring substituents is 1. The van der Waals surface area contributed by atoms with Gasteiger partial charge in [-0.1, -0.05) is 18.2 Å². The number of nitrogens with zero attached hydrogens (tertiary/aromatic N) is 2. The molecule has 1 amide bonds. The van der Waals surface area contributed by atoms with Crippen LogP contribution in [0.3, 0.4) is 0 Å². The Labute approximate surface area is 139 Å². The van der Waals surface area contributed by atoms with Crippen molar-refractivity contribution < 1.29 is 14.1 Å². The fourth-order valence-corrected chi connectivity index (χ4v) is 2.15. The van der Waals surface area contributed by atoms with Crippen molar-refractivity contribution in [1.29, 1.82) is 0 Å². The number of amides is 1. The number of hydrogen-bond donors (Lipinski definition) is 1. The highest BCUT2D eigenvalue weighted by molar-refractivity contribution is 5.94. The van der Waals surface area contributed by atoms with Crippen LogP contribution in [0.1, 0.15) is 12.5 Å². The average molecular weight is 331 g/mol. The van der Waals surface area contributed by atoms with E-state index < -0.39 is 11.0 Å². The number of carbonyl (C=O) groups excluding carboxylic acids is 1. The molecule has 7 heteroatoms. The van der Waals surface area contributed by atoms with E-state index in [9.17, 15) is 19.3 Å². The van der Waals surface area contributed by atoms with Gasteiger partial charge in [0, 0.05) is 29.9 Å². The van der Waals surface area contributed by atoms with E-state index in [2.05, 4.69) is 5.32 Å². The molecule has 0 fully saturated rings. The second-order valence-electron chi connectivity index (χ2n) is 5.48. The Hall–Kier alpha value is -2.80. The Bertz CT molecular complexity index is 734. The lowest BCUT2D eigenvalue weighted by atomic mass is 10.1. The maximum absolute atomic E-state index is 13.7. The van der Waals surface area contributed by atoms with Crippen LogP contribution in [-0.4, -0.2) is 28.8 Å². The predicted octanol–water partition coefficient (Wildman–Crippen LogP) is 3.19. The number of non-ortho nitro benzene ring substituents is 1. The molecule has 0 saturated heterocycles. The Balaban J connectivity index is 1.98. The summed E-state index contributed by atoms with van der Waals surface area (Å²) in [4.78, 5) is 24.1. The van der Waals surface area contributed by atoms with Gasteiger partial charge in [-0.3, -0.25) is 19.8 Å². The van der Waals surface area contributed by atoms with Crippen molar-refractivity contribution in [2.45, 2.75) is 19.5 Å². The van der Waals surface area contributed by atoms with E-state index in [0.29, 0.717) is 17.8 Å². The minimum atomic E-state index is -0.504. The largest absolute Gasteiger partial charge is 0.325 e. The predicted molar refractivity (Wildman–Crippen MR) is 89.1 cm³/mol. The fraction of sp³-hybridized carbons (Fsp3) is 0.235. The number of likely N-dealkylation sites (N-methyl/N-ethyl adjacent to an activating group) is 1. The number of rotatable bonds is 6. The molecule has 24 heavy (non-hydrogen) atoms. The molecule has 0 heterocycles. The molecule has 1 unspecified atom stereocenters.